The predicted molar refractivity (Wildman–Crippen MR) is 79.5 cm³/mol. The summed E-state index contributed by atoms with van der Waals surface area (Å²) in [5, 5.41) is 23.2. The van der Waals surface area contributed by atoms with Gasteiger partial charge in [0.2, 0.25) is 5.91 Å². The number of hydrogen-bond acceptors (Lipinski definition) is 6. The van der Waals surface area contributed by atoms with Crippen molar-refractivity contribution in [1.29, 1.82) is 0 Å². The highest BCUT2D eigenvalue weighted by Gasteiger charge is 2.10. The Kier molecular flexibility index (Phi) is 6.28. The summed E-state index contributed by atoms with van der Waals surface area (Å²) in [5.74, 6) is -0.322. The number of hydrazone groups is 1. The van der Waals surface area contributed by atoms with Crippen LogP contribution in [0.4, 0.5) is 11.4 Å². The van der Waals surface area contributed by atoms with E-state index in [1.54, 1.807) is 25.1 Å². The minimum absolute atomic E-state index is 0.0475. The van der Waals surface area contributed by atoms with Crippen LogP contribution in [0.3, 0.4) is 0 Å². The smallest absolute Gasteiger partial charge is 0.270 e. The average Bonchev–Trinajstić information content (AvgIpc) is 2.44. The van der Waals surface area contributed by atoms with E-state index in [0.717, 1.165) is 5.69 Å². The van der Waals surface area contributed by atoms with Crippen LogP contribution in [0.25, 0.3) is 0 Å². The van der Waals surface area contributed by atoms with E-state index in [4.69, 9.17) is 5.11 Å². The van der Waals surface area contributed by atoms with Gasteiger partial charge in [0.25, 0.3) is 5.69 Å². The molecule has 8 nitrogen and oxygen atoms in total. The van der Waals surface area contributed by atoms with Gasteiger partial charge < -0.3 is 10.0 Å². The van der Waals surface area contributed by atoms with Gasteiger partial charge in [-0.1, -0.05) is 0 Å². The molecular formula is C13H18N4O4. The highest BCUT2D eigenvalue weighted by molar-refractivity contribution is 5.90. The molecule has 2 N–H and O–H groups in total. The molecule has 1 amide bonds. The number of carbonyl (C=O) groups is 1. The van der Waals surface area contributed by atoms with Crippen LogP contribution in [0.1, 0.15) is 18.4 Å². The van der Waals surface area contributed by atoms with Gasteiger partial charge >= 0.3 is 0 Å². The fraction of sp³-hybridized carbons (Fsp3) is 0.385. The summed E-state index contributed by atoms with van der Waals surface area (Å²) in [7, 11) is 3.61. The number of benzene rings is 1. The molecule has 21 heavy (non-hydrogen) atoms. The number of nitrogens with zero attached hydrogens (tertiary/aromatic N) is 3. The van der Waals surface area contributed by atoms with E-state index in [1.807, 2.05) is 0 Å². The third kappa shape index (κ3) is 5.19. The van der Waals surface area contributed by atoms with Crippen molar-refractivity contribution in [1.82, 2.24) is 5.43 Å². The molecule has 0 atom stereocenters. The zero-order chi connectivity index (χ0) is 15.8. The third-order valence-electron chi connectivity index (χ3n) is 2.66. The zero-order valence-corrected chi connectivity index (χ0v) is 11.9. The average molecular weight is 294 g/mol. The summed E-state index contributed by atoms with van der Waals surface area (Å²) < 4.78 is 0. The Labute approximate surface area is 122 Å². The minimum atomic E-state index is -0.489. The molecule has 0 aliphatic heterocycles. The van der Waals surface area contributed by atoms with E-state index in [1.165, 1.54) is 18.3 Å². The monoisotopic (exact) mass is 294 g/mol. The van der Waals surface area contributed by atoms with Crippen LogP contribution < -0.4 is 10.3 Å². The Morgan fingerprint density at radius 1 is 1.52 bits per heavy atom. The number of aliphatic hydroxyl groups is 1. The lowest BCUT2D eigenvalue weighted by Gasteiger charge is -2.14. The maximum absolute atomic E-state index is 11.3. The van der Waals surface area contributed by atoms with Crippen molar-refractivity contribution < 1.29 is 14.8 Å². The molecule has 0 saturated heterocycles. The highest BCUT2D eigenvalue weighted by atomic mass is 16.6. The van der Waals surface area contributed by atoms with E-state index in [2.05, 4.69) is 10.5 Å². The second kappa shape index (κ2) is 7.95. The first kappa shape index (κ1) is 16.6. The summed E-state index contributed by atoms with van der Waals surface area (Å²) in [6.07, 6.45) is 1.89. The van der Waals surface area contributed by atoms with Gasteiger partial charge in [0.15, 0.2) is 0 Å². The van der Waals surface area contributed by atoms with Crippen LogP contribution in [0.5, 0.6) is 0 Å². The number of nitro benzene ring substituents is 1. The quantitative estimate of drug-likeness (QED) is 0.441. The molecular weight excluding hydrogens is 276 g/mol. The molecule has 0 radical (unpaired) electrons. The summed E-state index contributed by atoms with van der Waals surface area (Å²) >= 11 is 0. The minimum Gasteiger partial charge on any atom is -0.396 e. The maximum atomic E-state index is 11.3. The van der Waals surface area contributed by atoms with Crippen LogP contribution in [-0.2, 0) is 4.79 Å². The zero-order valence-electron chi connectivity index (χ0n) is 11.9. The van der Waals surface area contributed by atoms with Crippen LogP contribution >= 0.6 is 0 Å². The van der Waals surface area contributed by atoms with Gasteiger partial charge in [-0.05, 0) is 12.5 Å². The van der Waals surface area contributed by atoms with E-state index < -0.39 is 4.92 Å². The first-order chi connectivity index (χ1) is 9.95. The van der Waals surface area contributed by atoms with Crippen molar-refractivity contribution in [2.24, 2.45) is 5.10 Å². The fourth-order valence-electron chi connectivity index (χ4n) is 1.64. The number of nitrogens with one attached hydrogen (secondary N) is 1. The standard InChI is InChI=1S/C13H18N4O4/c1-16(2)12-6-5-11(17(20)21)8-10(12)9-14-15-13(19)4-3-7-18/h5-6,8-9,18H,3-4,7H2,1-2H3,(H,15,19)/b14-9+. The molecule has 114 valence electrons. The van der Waals surface area contributed by atoms with E-state index in [0.29, 0.717) is 12.0 Å². The Hall–Kier alpha value is -2.48. The van der Waals surface area contributed by atoms with Crippen molar-refractivity contribution >= 4 is 23.5 Å². The molecule has 0 aliphatic carbocycles. The molecule has 1 aromatic rings. The molecule has 8 heteroatoms. The van der Waals surface area contributed by atoms with Gasteiger partial charge in [0.05, 0.1) is 11.1 Å². The second-order valence-electron chi connectivity index (χ2n) is 4.51. The number of carbonyl (C=O) groups excluding carboxylic acids is 1. The molecule has 0 aliphatic rings. The largest absolute Gasteiger partial charge is 0.396 e. The van der Waals surface area contributed by atoms with E-state index in [9.17, 15) is 14.9 Å². The summed E-state index contributed by atoms with van der Waals surface area (Å²) in [4.78, 5) is 23.4. The molecule has 1 rings (SSSR count). The second-order valence-corrected chi connectivity index (χ2v) is 4.51. The van der Waals surface area contributed by atoms with Crippen molar-refractivity contribution in [3.8, 4) is 0 Å². The maximum Gasteiger partial charge on any atom is 0.270 e. The lowest BCUT2D eigenvalue weighted by Crippen LogP contribution is -2.18. The molecule has 0 saturated carbocycles. The van der Waals surface area contributed by atoms with Crippen LogP contribution in [0.2, 0.25) is 0 Å². The first-order valence-electron chi connectivity index (χ1n) is 6.34. The molecule has 0 bridgehead atoms. The number of non-ortho nitro benzene ring substituents is 1. The molecule has 0 fully saturated rings. The lowest BCUT2D eigenvalue weighted by molar-refractivity contribution is -0.384. The molecule has 0 heterocycles. The highest BCUT2D eigenvalue weighted by Crippen LogP contribution is 2.22. The van der Waals surface area contributed by atoms with Crippen molar-refractivity contribution in [3.63, 3.8) is 0 Å². The number of hydrogen-bond donors (Lipinski definition) is 2. The normalized spacial score (nSPS) is 10.6. The summed E-state index contributed by atoms with van der Waals surface area (Å²) in [6, 6.07) is 4.41. The first-order valence-corrected chi connectivity index (χ1v) is 6.34. The number of anilines is 1. The van der Waals surface area contributed by atoms with Crippen LogP contribution in [-0.4, -0.2) is 42.9 Å². The summed E-state index contributed by atoms with van der Waals surface area (Å²) in [5.41, 5.74) is 3.53. The lowest BCUT2D eigenvalue weighted by atomic mass is 10.1. The third-order valence-corrected chi connectivity index (χ3v) is 2.66. The Balaban J connectivity index is 2.86. The topological polar surface area (TPSA) is 108 Å². The van der Waals surface area contributed by atoms with Gasteiger partial charge in [-0.25, -0.2) is 5.43 Å². The van der Waals surface area contributed by atoms with Crippen molar-refractivity contribution in [2.45, 2.75) is 12.8 Å². The van der Waals surface area contributed by atoms with Gasteiger partial charge in [0.1, 0.15) is 0 Å². The molecule has 1 aromatic carbocycles. The van der Waals surface area contributed by atoms with E-state index >= 15 is 0 Å². The van der Waals surface area contributed by atoms with E-state index in [-0.39, 0.29) is 24.6 Å². The van der Waals surface area contributed by atoms with Gasteiger partial charge in [-0.2, -0.15) is 5.10 Å². The Morgan fingerprint density at radius 2 is 2.24 bits per heavy atom. The molecule has 0 spiro atoms. The fourth-order valence-corrected chi connectivity index (χ4v) is 1.64. The van der Waals surface area contributed by atoms with Gasteiger partial charge in [-0.15, -0.1) is 0 Å². The summed E-state index contributed by atoms with van der Waals surface area (Å²) in [6.45, 7) is -0.0627. The van der Waals surface area contributed by atoms with Crippen LogP contribution in [0, 0.1) is 10.1 Å². The number of aliphatic hydroxyl groups excluding tert-OH is 1. The number of nitro groups is 1. The predicted octanol–water partition coefficient (Wildman–Crippen LogP) is 0.883. The van der Waals surface area contributed by atoms with Gasteiger partial charge in [0, 0.05) is 50.5 Å². The molecule has 0 unspecified atom stereocenters. The van der Waals surface area contributed by atoms with Crippen LogP contribution in [0.15, 0.2) is 23.3 Å². The van der Waals surface area contributed by atoms with Gasteiger partial charge in [-0.3, -0.25) is 14.9 Å². The van der Waals surface area contributed by atoms with Crippen molar-refractivity contribution in [3.05, 3.63) is 33.9 Å². The Morgan fingerprint density at radius 3 is 2.81 bits per heavy atom. The number of amides is 1. The van der Waals surface area contributed by atoms with Crippen molar-refractivity contribution in [2.75, 3.05) is 25.6 Å². The Bertz CT molecular complexity index is 543. The molecule has 0 aromatic heterocycles. The number of rotatable bonds is 7. The SMILES string of the molecule is CN(C)c1ccc([N+](=O)[O-])cc1/C=N/NC(=O)CCCO.